The van der Waals surface area contributed by atoms with Gasteiger partial charge in [-0.3, -0.25) is 0 Å². The number of aromatic nitrogens is 1. The molecule has 1 aromatic heterocycles. The van der Waals surface area contributed by atoms with Crippen LogP contribution in [0.15, 0.2) is 12.1 Å². The van der Waals surface area contributed by atoms with Crippen LogP contribution in [0, 0.1) is 6.20 Å². The molecule has 0 bridgehead atoms. The van der Waals surface area contributed by atoms with Crippen LogP contribution in [-0.4, -0.2) is 4.98 Å². The van der Waals surface area contributed by atoms with Crippen molar-refractivity contribution < 1.29 is 0 Å². The zero-order valence-corrected chi connectivity index (χ0v) is 6.23. The van der Waals surface area contributed by atoms with Crippen LogP contribution >= 0.6 is 11.6 Å². The van der Waals surface area contributed by atoms with Crippen molar-refractivity contribution in [3.05, 3.63) is 29.0 Å². The number of rotatable bonds is 1. The topological polar surface area (TPSA) is 12.9 Å². The van der Waals surface area contributed by atoms with Gasteiger partial charge in [0.1, 0.15) is 6.20 Å². The first kappa shape index (κ1) is 6.17. The van der Waals surface area contributed by atoms with Crippen LogP contribution in [0.5, 0.6) is 0 Å². The second kappa shape index (κ2) is 2.24. The smallest absolute Gasteiger partial charge is 0.109 e. The zero-order valence-electron chi connectivity index (χ0n) is 5.47. The van der Waals surface area contributed by atoms with Gasteiger partial charge in [0.15, 0.2) is 0 Å². The van der Waals surface area contributed by atoms with Gasteiger partial charge in [-0.25, -0.2) is 4.98 Å². The molecular weight excluding hydrogens is 146 g/mol. The molecule has 1 aliphatic rings. The summed E-state index contributed by atoms with van der Waals surface area (Å²) in [4.78, 5) is 4.08. The van der Waals surface area contributed by atoms with Gasteiger partial charge in [0.2, 0.25) is 0 Å². The fourth-order valence-electron chi connectivity index (χ4n) is 0.958. The van der Waals surface area contributed by atoms with E-state index in [9.17, 15) is 0 Å². The summed E-state index contributed by atoms with van der Waals surface area (Å²) in [7, 11) is 0. The van der Waals surface area contributed by atoms with Gasteiger partial charge in [0.25, 0.3) is 0 Å². The first-order valence-corrected chi connectivity index (χ1v) is 3.78. The molecule has 0 amide bonds. The van der Waals surface area contributed by atoms with Crippen molar-refractivity contribution in [3.63, 3.8) is 0 Å². The molecule has 1 heterocycles. The molecule has 10 heavy (non-hydrogen) atoms. The van der Waals surface area contributed by atoms with E-state index in [1.165, 1.54) is 12.8 Å². The summed E-state index contributed by atoms with van der Waals surface area (Å²) in [5, 5.41) is 0.601. The predicted octanol–water partition coefficient (Wildman–Crippen LogP) is 2.41. The number of hydrogen-bond donors (Lipinski definition) is 0. The SMILES string of the molecule is Clc1[c]nc(C2CC2)cc1. The Morgan fingerprint density at radius 2 is 2.30 bits per heavy atom. The first-order valence-electron chi connectivity index (χ1n) is 3.40. The highest BCUT2D eigenvalue weighted by Gasteiger charge is 2.24. The van der Waals surface area contributed by atoms with E-state index < -0.39 is 0 Å². The second-order valence-electron chi connectivity index (χ2n) is 2.60. The maximum atomic E-state index is 5.62. The molecule has 1 aromatic rings. The van der Waals surface area contributed by atoms with Crippen molar-refractivity contribution in [2.75, 3.05) is 0 Å². The van der Waals surface area contributed by atoms with Crippen molar-refractivity contribution in [3.8, 4) is 0 Å². The van der Waals surface area contributed by atoms with Crippen LogP contribution in [0.25, 0.3) is 0 Å². The summed E-state index contributed by atoms with van der Waals surface area (Å²) in [6, 6.07) is 3.83. The van der Waals surface area contributed by atoms with E-state index in [-0.39, 0.29) is 0 Å². The summed E-state index contributed by atoms with van der Waals surface area (Å²) in [6.07, 6.45) is 5.30. The third kappa shape index (κ3) is 1.14. The molecule has 0 N–H and O–H groups in total. The van der Waals surface area contributed by atoms with Gasteiger partial charge in [-0.1, -0.05) is 11.6 Å². The lowest BCUT2D eigenvalue weighted by Crippen LogP contribution is -1.83. The van der Waals surface area contributed by atoms with Crippen LogP contribution in [0.1, 0.15) is 24.5 Å². The number of pyridine rings is 1. The molecule has 2 rings (SSSR count). The van der Waals surface area contributed by atoms with E-state index in [2.05, 4.69) is 11.2 Å². The molecule has 2 heteroatoms. The second-order valence-corrected chi connectivity index (χ2v) is 3.01. The van der Waals surface area contributed by atoms with Crippen LogP contribution in [-0.2, 0) is 0 Å². The maximum absolute atomic E-state index is 5.62. The Morgan fingerprint density at radius 3 is 2.80 bits per heavy atom. The molecule has 1 aliphatic carbocycles. The van der Waals surface area contributed by atoms with E-state index >= 15 is 0 Å². The Morgan fingerprint density at radius 1 is 1.50 bits per heavy atom. The van der Waals surface area contributed by atoms with Crippen molar-refractivity contribution >= 4 is 11.6 Å². The van der Waals surface area contributed by atoms with Crippen LogP contribution in [0.3, 0.4) is 0 Å². The third-order valence-electron chi connectivity index (χ3n) is 1.69. The van der Waals surface area contributed by atoms with Gasteiger partial charge in [0, 0.05) is 11.6 Å². The highest BCUT2D eigenvalue weighted by molar-refractivity contribution is 6.30. The summed E-state index contributed by atoms with van der Waals surface area (Å²) in [5.41, 5.74) is 1.14. The first-order chi connectivity index (χ1) is 4.86. The van der Waals surface area contributed by atoms with Crippen molar-refractivity contribution in [1.29, 1.82) is 0 Å². The molecule has 0 aliphatic heterocycles. The Hall–Kier alpha value is -0.560. The van der Waals surface area contributed by atoms with Gasteiger partial charge in [-0.2, -0.15) is 0 Å². The van der Waals surface area contributed by atoms with Gasteiger partial charge < -0.3 is 0 Å². The van der Waals surface area contributed by atoms with E-state index in [0.717, 1.165) is 5.69 Å². The third-order valence-corrected chi connectivity index (χ3v) is 1.90. The van der Waals surface area contributed by atoms with Gasteiger partial charge in [-0.15, -0.1) is 0 Å². The molecule has 0 spiro atoms. The molecule has 1 fully saturated rings. The molecule has 1 saturated carbocycles. The Balaban J connectivity index is 2.28. The summed E-state index contributed by atoms with van der Waals surface area (Å²) >= 11 is 5.62. The molecule has 0 unspecified atom stereocenters. The van der Waals surface area contributed by atoms with Crippen LogP contribution in [0.2, 0.25) is 5.02 Å². The molecule has 1 nitrogen and oxygen atoms in total. The average Bonchev–Trinajstić information content (AvgIpc) is 2.71. The van der Waals surface area contributed by atoms with Crippen molar-refractivity contribution in [1.82, 2.24) is 4.98 Å². The van der Waals surface area contributed by atoms with E-state index in [1.54, 1.807) is 0 Å². The standard InChI is InChI=1S/C8H7ClN/c9-7-3-4-8(10-5-7)6-1-2-6/h3-4,6H,1-2H2. The number of halogens is 1. The molecule has 0 saturated heterocycles. The molecular formula is C8H7ClN. The van der Waals surface area contributed by atoms with Gasteiger partial charge in [-0.05, 0) is 25.0 Å². The summed E-state index contributed by atoms with van der Waals surface area (Å²) < 4.78 is 0. The monoisotopic (exact) mass is 152 g/mol. The minimum atomic E-state index is 0.601. The van der Waals surface area contributed by atoms with Crippen LogP contribution in [0.4, 0.5) is 0 Å². The zero-order chi connectivity index (χ0) is 6.97. The average molecular weight is 153 g/mol. The number of hydrogen-bond acceptors (Lipinski definition) is 1. The van der Waals surface area contributed by atoms with E-state index in [4.69, 9.17) is 11.6 Å². The molecule has 0 atom stereocenters. The van der Waals surface area contributed by atoms with Gasteiger partial charge in [0.05, 0.1) is 5.02 Å². The summed E-state index contributed by atoms with van der Waals surface area (Å²) in [6.45, 7) is 0. The lowest BCUT2D eigenvalue weighted by molar-refractivity contribution is 1.02. The molecule has 1 radical (unpaired) electrons. The molecule has 0 aromatic carbocycles. The largest absolute Gasteiger partial charge is 0.249 e. The lowest BCUT2D eigenvalue weighted by atomic mass is 10.2. The van der Waals surface area contributed by atoms with Crippen molar-refractivity contribution in [2.24, 2.45) is 0 Å². The highest BCUT2D eigenvalue weighted by Crippen LogP contribution is 2.38. The Bertz CT molecular complexity index is 226. The van der Waals surface area contributed by atoms with E-state index in [0.29, 0.717) is 10.9 Å². The van der Waals surface area contributed by atoms with Gasteiger partial charge >= 0.3 is 0 Å². The fourth-order valence-corrected chi connectivity index (χ4v) is 1.06. The normalized spacial score (nSPS) is 17.3. The number of nitrogens with zero attached hydrogens (tertiary/aromatic N) is 1. The Kier molecular flexibility index (Phi) is 1.38. The predicted molar refractivity (Wildman–Crippen MR) is 40.1 cm³/mol. The maximum Gasteiger partial charge on any atom is 0.109 e. The lowest BCUT2D eigenvalue weighted by Gasteiger charge is -1.93. The minimum absolute atomic E-state index is 0.601. The summed E-state index contributed by atoms with van der Waals surface area (Å²) in [5.74, 6) is 0.702. The van der Waals surface area contributed by atoms with Crippen LogP contribution < -0.4 is 0 Å². The minimum Gasteiger partial charge on any atom is -0.249 e. The quantitative estimate of drug-likeness (QED) is 0.602. The van der Waals surface area contributed by atoms with Crippen molar-refractivity contribution in [2.45, 2.75) is 18.8 Å². The fraction of sp³-hybridized carbons (Fsp3) is 0.375. The highest BCUT2D eigenvalue weighted by atomic mass is 35.5. The van der Waals surface area contributed by atoms with E-state index in [1.807, 2.05) is 12.1 Å². The molecule has 51 valence electrons. The Labute approximate surface area is 65.0 Å².